The second kappa shape index (κ2) is 15.7. The molecular weight excluding hydrogens is 707 g/mol. The Morgan fingerprint density at radius 3 is 2.31 bits per heavy atom. The summed E-state index contributed by atoms with van der Waals surface area (Å²) in [5.74, 6) is -1.60. The quantitative estimate of drug-likeness (QED) is 0.0897. The molecule has 2 atom stereocenters. The molecule has 3 fully saturated rings. The molecule has 51 heavy (non-hydrogen) atoms. The van der Waals surface area contributed by atoms with E-state index in [1.165, 1.54) is 44.6 Å². The van der Waals surface area contributed by atoms with Crippen LogP contribution in [-0.4, -0.2) is 56.9 Å². The van der Waals surface area contributed by atoms with Gasteiger partial charge in [-0.1, -0.05) is 47.5 Å². The highest BCUT2D eigenvalue weighted by Gasteiger charge is 2.38. The van der Waals surface area contributed by atoms with Crippen molar-refractivity contribution in [2.45, 2.75) is 38.0 Å². The molecule has 3 aliphatic rings. The van der Waals surface area contributed by atoms with Gasteiger partial charge in [-0.3, -0.25) is 9.80 Å². The van der Waals surface area contributed by atoms with Crippen LogP contribution < -0.4 is 19.1 Å². The number of para-hydroxylation sites is 1. The number of aromatic nitrogens is 1. The summed E-state index contributed by atoms with van der Waals surface area (Å²) in [6, 6.07) is 14.3. The number of ether oxygens (including phenoxy) is 4. The number of fused-ring (bicyclic) bond motifs is 3. The minimum atomic E-state index is -1.09. The number of piperidine rings is 3. The van der Waals surface area contributed by atoms with E-state index in [0.717, 1.165) is 49.3 Å². The first kappa shape index (κ1) is 36.2. The molecule has 7 rings (SSSR count). The predicted molar refractivity (Wildman–Crippen MR) is 185 cm³/mol. The molecule has 2 bridgehead atoms. The van der Waals surface area contributed by atoms with E-state index < -0.39 is 35.4 Å². The predicted octanol–water partition coefficient (Wildman–Crippen LogP) is 7.30. The van der Waals surface area contributed by atoms with Crippen molar-refractivity contribution in [3.8, 4) is 11.5 Å². The van der Waals surface area contributed by atoms with E-state index in [2.05, 4.69) is 4.90 Å². The molecule has 0 N–H and O–H groups in total. The van der Waals surface area contributed by atoms with Gasteiger partial charge in [0.1, 0.15) is 33.9 Å². The highest BCUT2D eigenvalue weighted by atomic mass is 35.5. The molecule has 4 heterocycles. The fraction of sp³-hybridized carbons (Fsp3) is 0.324. The molecule has 3 aliphatic heterocycles. The third-order valence-electron chi connectivity index (χ3n) is 9.28. The molecule has 0 unspecified atom stereocenters. The van der Waals surface area contributed by atoms with Gasteiger partial charge < -0.3 is 24.2 Å². The van der Waals surface area contributed by atoms with E-state index in [0.29, 0.717) is 39.5 Å². The number of hydrogen-bond acceptors (Lipinski definition) is 8. The summed E-state index contributed by atoms with van der Waals surface area (Å²) in [4.78, 5) is 30.8. The first-order valence-corrected chi connectivity index (χ1v) is 17.0. The van der Waals surface area contributed by atoms with Crippen LogP contribution in [0.1, 0.15) is 46.0 Å². The van der Waals surface area contributed by atoms with E-state index in [-0.39, 0.29) is 40.7 Å². The lowest BCUT2D eigenvalue weighted by Crippen LogP contribution is -2.53. The summed E-state index contributed by atoms with van der Waals surface area (Å²) in [6.07, 6.45) is 1.77. The average molecular weight is 743 g/mol. The zero-order chi connectivity index (χ0) is 36.2. The molecule has 1 aromatic heterocycles. The van der Waals surface area contributed by atoms with Gasteiger partial charge in [-0.2, -0.15) is 4.73 Å². The van der Waals surface area contributed by atoms with Gasteiger partial charge in [0, 0.05) is 18.5 Å². The van der Waals surface area contributed by atoms with Crippen LogP contribution in [0, 0.1) is 22.8 Å². The normalized spacial score (nSPS) is 18.5. The Balaban J connectivity index is 1.29. The van der Waals surface area contributed by atoms with Crippen molar-refractivity contribution in [3.05, 3.63) is 122 Å². The molecule has 268 valence electrons. The fourth-order valence-corrected chi connectivity index (χ4v) is 7.15. The number of benzene rings is 3. The first-order chi connectivity index (χ1) is 24.5. The molecule has 0 spiro atoms. The van der Waals surface area contributed by atoms with Crippen molar-refractivity contribution in [2.24, 2.45) is 5.92 Å². The van der Waals surface area contributed by atoms with Gasteiger partial charge in [0.05, 0.1) is 32.0 Å². The second-order valence-corrected chi connectivity index (χ2v) is 13.2. The maximum Gasteiger partial charge on any atom is 0.415 e. The van der Waals surface area contributed by atoms with Gasteiger partial charge in [-0.05, 0) is 79.4 Å². The Hall–Kier alpha value is -4.65. The number of halogens is 4. The number of amides is 1. The maximum absolute atomic E-state index is 15.4. The summed E-state index contributed by atoms with van der Waals surface area (Å²) in [6.45, 7) is 2.27. The van der Waals surface area contributed by atoms with Crippen molar-refractivity contribution in [3.63, 3.8) is 0 Å². The zero-order valence-electron chi connectivity index (χ0n) is 27.8. The van der Waals surface area contributed by atoms with Crippen LogP contribution in [-0.2, 0) is 22.4 Å². The number of anilines is 1. The van der Waals surface area contributed by atoms with Crippen LogP contribution in [0.15, 0.2) is 73.1 Å². The molecule has 4 aromatic rings. The minimum Gasteiger partial charge on any atom is -0.619 e. The molecule has 14 heteroatoms. The first-order valence-electron chi connectivity index (χ1n) is 16.3. The lowest BCUT2D eigenvalue weighted by molar-refractivity contribution is -0.605. The summed E-state index contributed by atoms with van der Waals surface area (Å²) in [5.41, 5.74) is 0.606. The highest BCUT2D eigenvalue weighted by Crippen LogP contribution is 2.36. The number of esters is 1. The molecule has 0 aliphatic carbocycles. The van der Waals surface area contributed by atoms with Crippen LogP contribution in [0.2, 0.25) is 10.0 Å². The van der Waals surface area contributed by atoms with Crippen LogP contribution in [0.5, 0.6) is 11.5 Å². The third kappa shape index (κ3) is 8.14. The summed E-state index contributed by atoms with van der Waals surface area (Å²) >= 11 is 12.7. The van der Waals surface area contributed by atoms with Crippen molar-refractivity contribution >= 4 is 41.0 Å². The lowest BCUT2D eigenvalue weighted by atomic mass is 9.86. The Morgan fingerprint density at radius 1 is 0.961 bits per heavy atom. The molecule has 3 aromatic carbocycles. The topological polar surface area (TPSA) is 104 Å². The number of hydrogen-bond donors (Lipinski definition) is 0. The van der Waals surface area contributed by atoms with Crippen LogP contribution in [0.25, 0.3) is 0 Å². The number of rotatable bonds is 11. The van der Waals surface area contributed by atoms with Gasteiger partial charge in [-0.15, -0.1) is 0 Å². The van der Waals surface area contributed by atoms with Gasteiger partial charge in [0.15, 0.2) is 23.9 Å². The smallest absolute Gasteiger partial charge is 0.415 e. The monoisotopic (exact) mass is 741 g/mol. The zero-order valence-corrected chi connectivity index (χ0v) is 29.3. The van der Waals surface area contributed by atoms with Gasteiger partial charge in [0.25, 0.3) is 0 Å². The summed E-state index contributed by atoms with van der Waals surface area (Å²) < 4.78 is 53.6. The van der Waals surface area contributed by atoms with E-state index in [1.54, 1.807) is 24.3 Å². The van der Waals surface area contributed by atoms with Crippen LogP contribution in [0.3, 0.4) is 0 Å². The third-order valence-corrected chi connectivity index (χ3v) is 9.93. The minimum absolute atomic E-state index is 0.0261. The van der Waals surface area contributed by atoms with Crippen molar-refractivity contribution in [2.75, 3.05) is 38.8 Å². The highest BCUT2D eigenvalue weighted by molar-refractivity contribution is 6.35. The number of carbonyl (C=O) groups excluding carboxylic acids is 2. The van der Waals surface area contributed by atoms with Gasteiger partial charge >= 0.3 is 12.1 Å². The fourth-order valence-electron chi connectivity index (χ4n) is 6.55. The summed E-state index contributed by atoms with van der Waals surface area (Å²) in [7, 11) is 2.91. The number of nitrogens with zero attached hydrogens (tertiary/aromatic N) is 3. The van der Waals surface area contributed by atoms with Gasteiger partial charge in [-0.25, -0.2) is 18.4 Å². The van der Waals surface area contributed by atoms with Crippen molar-refractivity contribution < 1.29 is 42.0 Å². The Labute approximate surface area is 303 Å². The molecular formula is C37H35Cl2F2N3O7. The molecule has 0 radical (unpaired) electrons. The molecule has 10 nitrogen and oxygen atoms in total. The SMILES string of the molecule is COc1ccc([C@H](Cc2c(Cl)c[n+]([O-])cc2Cl)OC(=O)c2cc(CN(C(=O)O[C@H]3CN4CCC3CC4)c3ccccc3F)ccc2F)cc1OC. The van der Waals surface area contributed by atoms with E-state index >= 15 is 8.78 Å². The molecule has 3 saturated heterocycles. The lowest BCUT2D eigenvalue weighted by Gasteiger charge is -2.44. The van der Waals surface area contributed by atoms with Crippen LogP contribution in [0.4, 0.5) is 19.3 Å². The Morgan fingerprint density at radius 2 is 1.67 bits per heavy atom. The van der Waals surface area contributed by atoms with E-state index in [1.807, 2.05) is 0 Å². The Kier molecular flexibility index (Phi) is 11.1. The maximum atomic E-state index is 15.4. The number of methoxy groups -OCH3 is 2. The number of pyridine rings is 1. The second-order valence-electron chi connectivity index (χ2n) is 12.4. The largest absolute Gasteiger partial charge is 0.619 e. The molecule has 1 amide bonds. The molecule has 0 saturated carbocycles. The average Bonchev–Trinajstić information content (AvgIpc) is 3.12. The van der Waals surface area contributed by atoms with E-state index in [9.17, 15) is 14.8 Å². The van der Waals surface area contributed by atoms with Gasteiger partial charge in [0.2, 0.25) is 0 Å². The summed E-state index contributed by atoms with van der Waals surface area (Å²) in [5, 5.41) is 12.0. The van der Waals surface area contributed by atoms with Crippen LogP contribution >= 0.6 is 23.2 Å². The van der Waals surface area contributed by atoms with Crippen molar-refractivity contribution in [1.82, 2.24) is 4.90 Å². The van der Waals surface area contributed by atoms with Crippen molar-refractivity contribution in [1.29, 1.82) is 0 Å². The number of carbonyl (C=O) groups is 2. The standard InChI is InChI=1S/C37H35Cl2F2N3O7/c1-48-32-10-8-24(16-34(32)49-2)33(17-25-27(38)19-43(47)20-28(25)39)50-36(45)26-15-22(7-9-29(26)40)18-44(31-6-4-3-5-30(31)41)37(46)51-35-21-42-13-11-23(35)12-14-42/h3-10,15-16,19-20,23,33,35H,11-14,17-18,21H2,1-2H3/t33-,35-/m0/s1. The van der Waals surface area contributed by atoms with E-state index in [4.69, 9.17) is 42.1 Å². The Bertz CT molecular complexity index is 1900.